The second kappa shape index (κ2) is 8.39. The third kappa shape index (κ3) is 4.06. The molecule has 2 aromatic heterocycles. The molecule has 9 heteroatoms. The first-order chi connectivity index (χ1) is 15.8. The summed E-state index contributed by atoms with van der Waals surface area (Å²) < 4.78 is 27.3. The van der Waals surface area contributed by atoms with Crippen molar-refractivity contribution in [3.63, 3.8) is 0 Å². The van der Waals surface area contributed by atoms with Crippen molar-refractivity contribution in [3.05, 3.63) is 60.0 Å². The molecule has 1 unspecified atom stereocenters. The minimum atomic E-state index is -3.15. The van der Waals surface area contributed by atoms with Crippen molar-refractivity contribution in [1.29, 1.82) is 0 Å². The number of hydrogen-bond acceptors (Lipinski definition) is 6. The van der Waals surface area contributed by atoms with E-state index >= 15 is 0 Å². The van der Waals surface area contributed by atoms with E-state index in [-0.39, 0.29) is 6.04 Å². The van der Waals surface area contributed by atoms with Crippen LogP contribution in [-0.2, 0) is 16.4 Å². The second-order valence-corrected chi connectivity index (χ2v) is 10.9. The molecule has 33 heavy (non-hydrogen) atoms. The molecule has 1 saturated heterocycles. The number of aromatic nitrogens is 4. The topological polar surface area (TPSA) is 107 Å². The summed E-state index contributed by atoms with van der Waals surface area (Å²) >= 11 is 0. The van der Waals surface area contributed by atoms with Gasteiger partial charge >= 0.3 is 0 Å². The van der Waals surface area contributed by atoms with Crippen LogP contribution in [-0.4, -0.2) is 51.8 Å². The van der Waals surface area contributed by atoms with Crippen molar-refractivity contribution < 1.29 is 8.42 Å². The highest BCUT2D eigenvalue weighted by Crippen LogP contribution is 2.33. The molecule has 2 aromatic carbocycles. The van der Waals surface area contributed by atoms with Gasteiger partial charge in [-0.15, -0.1) is 0 Å². The van der Waals surface area contributed by atoms with Gasteiger partial charge in [-0.05, 0) is 42.0 Å². The van der Waals surface area contributed by atoms with Gasteiger partial charge in [-0.2, -0.15) is 5.10 Å². The summed E-state index contributed by atoms with van der Waals surface area (Å²) in [6.45, 7) is 3.20. The Balaban J connectivity index is 1.51. The minimum Gasteiger partial charge on any atom is -0.383 e. The van der Waals surface area contributed by atoms with Gasteiger partial charge in [-0.1, -0.05) is 42.5 Å². The number of hydrogen-bond donors (Lipinski definition) is 1. The number of nitrogen functional groups attached to an aromatic ring is 1. The summed E-state index contributed by atoms with van der Waals surface area (Å²) in [5, 5.41) is 8.18. The average molecular weight is 465 g/mol. The highest BCUT2D eigenvalue weighted by molar-refractivity contribution is 7.88. The van der Waals surface area contributed by atoms with Crippen LogP contribution >= 0.6 is 0 Å². The molecule has 1 atom stereocenters. The van der Waals surface area contributed by atoms with Crippen LogP contribution in [0.4, 0.5) is 5.82 Å². The first-order valence-electron chi connectivity index (χ1n) is 11.2. The maximum Gasteiger partial charge on any atom is 0.211 e. The van der Waals surface area contributed by atoms with Crippen molar-refractivity contribution in [2.45, 2.75) is 32.2 Å². The molecular formula is C24H28N6O2S. The predicted octanol–water partition coefficient (Wildman–Crippen LogP) is 3.39. The minimum absolute atomic E-state index is 0.0600. The molecule has 0 saturated carbocycles. The maximum absolute atomic E-state index is 11.9. The van der Waals surface area contributed by atoms with Crippen LogP contribution in [0.2, 0.25) is 0 Å². The largest absolute Gasteiger partial charge is 0.383 e. The molecule has 4 aromatic rings. The van der Waals surface area contributed by atoms with Gasteiger partial charge in [-0.25, -0.2) is 27.4 Å². The molecule has 3 heterocycles. The van der Waals surface area contributed by atoms with Crippen LogP contribution in [0.15, 0.2) is 48.8 Å². The normalized spacial score (nSPS) is 17.0. The Hall–Kier alpha value is -3.04. The summed E-state index contributed by atoms with van der Waals surface area (Å²) in [5.41, 5.74) is 9.07. The summed E-state index contributed by atoms with van der Waals surface area (Å²) in [5.74, 6) is 0.730. The number of benzene rings is 2. The van der Waals surface area contributed by atoms with E-state index < -0.39 is 10.0 Å². The van der Waals surface area contributed by atoms with Crippen LogP contribution in [0, 0.1) is 5.92 Å². The lowest BCUT2D eigenvalue weighted by Gasteiger charge is -2.33. The Labute approximate surface area is 193 Å². The van der Waals surface area contributed by atoms with Crippen LogP contribution in [0.3, 0.4) is 0 Å². The maximum atomic E-state index is 11.9. The van der Waals surface area contributed by atoms with E-state index in [9.17, 15) is 8.42 Å². The molecule has 0 bridgehead atoms. The quantitative estimate of drug-likeness (QED) is 0.485. The molecule has 0 spiro atoms. The number of nitrogens with zero attached hydrogens (tertiary/aromatic N) is 5. The number of sulfonamides is 1. The van der Waals surface area contributed by atoms with Gasteiger partial charge in [0.1, 0.15) is 12.1 Å². The van der Waals surface area contributed by atoms with Crippen molar-refractivity contribution in [1.82, 2.24) is 24.1 Å². The molecular weight excluding hydrogens is 436 g/mol. The monoisotopic (exact) mass is 464 g/mol. The number of piperidine rings is 1. The summed E-state index contributed by atoms with van der Waals surface area (Å²) in [6.07, 6.45) is 4.96. The fourth-order valence-corrected chi connectivity index (χ4v) is 5.87. The van der Waals surface area contributed by atoms with Crippen molar-refractivity contribution in [2.24, 2.45) is 5.92 Å². The van der Waals surface area contributed by atoms with Crippen LogP contribution in [0.25, 0.3) is 21.8 Å². The Morgan fingerprint density at radius 3 is 2.58 bits per heavy atom. The molecule has 1 fully saturated rings. The molecule has 0 aliphatic carbocycles. The third-order valence-electron chi connectivity index (χ3n) is 6.86. The summed E-state index contributed by atoms with van der Waals surface area (Å²) in [4.78, 5) is 8.77. The molecule has 1 aliphatic heterocycles. The number of fused-ring (bicyclic) bond motifs is 2. The molecule has 2 N–H and O–H groups in total. The second-order valence-electron chi connectivity index (χ2n) is 8.90. The van der Waals surface area contributed by atoms with E-state index in [1.54, 1.807) is 4.31 Å². The zero-order chi connectivity index (χ0) is 23.2. The molecule has 0 radical (unpaired) electrons. The standard InChI is InChI=1S/C24H28N6O2S/c1-16(17-10-12-29(13-11-17)33(2,31)32)30-24-22(23(25)26-15-27-24)21(28-30)14-19-8-5-7-18-6-3-4-9-20(18)19/h3-9,15-17H,10-14H2,1-2H3,(H2,25,26,27). The zero-order valence-electron chi connectivity index (χ0n) is 18.8. The van der Waals surface area contributed by atoms with Crippen molar-refractivity contribution >= 4 is 37.6 Å². The van der Waals surface area contributed by atoms with E-state index in [0.717, 1.165) is 29.6 Å². The molecule has 0 amide bonds. The van der Waals surface area contributed by atoms with Crippen molar-refractivity contribution in [2.75, 3.05) is 25.1 Å². The predicted molar refractivity (Wildman–Crippen MR) is 130 cm³/mol. The zero-order valence-corrected chi connectivity index (χ0v) is 19.7. The molecule has 1 aliphatic rings. The Kier molecular flexibility index (Phi) is 5.54. The van der Waals surface area contributed by atoms with E-state index in [1.165, 1.54) is 28.9 Å². The Morgan fingerprint density at radius 2 is 1.82 bits per heavy atom. The first-order valence-corrected chi connectivity index (χ1v) is 13.1. The van der Waals surface area contributed by atoms with Gasteiger partial charge in [0.15, 0.2) is 5.65 Å². The SMILES string of the molecule is CC(C1CCN(S(C)(=O)=O)CC1)n1nc(Cc2cccc3ccccc23)c2c(N)ncnc21. The molecule has 172 valence electrons. The fraction of sp³-hybridized carbons (Fsp3) is 0.375. The van der Waals surface area contributed by atoms with Crippen LogP contribution in [0.1, 0.15) is 37.1 Å². The highest BCUT2D eigenvalue weighted by Gasteiger charge is 2.31. The Morgan fingerprint density at radius 1 is 1.09 bits per heavy atom. The molecule has 5 rings (SSSR count). The Bertz CT molecular complexity index is 1420. The third-order valence-corrected chi connectivity index (χ3v) is 8.17. The highest BCUT2D eigenvalue weighted by atomic mass is 32.2. The number of rotatable bonds is 5. The van der Waals surface area contributed by atoms with Gasteiger partial charge < -0.3 is 5.73 Å². The van der Waals surface area contributed by atoms with E-state index in [1.807, 2.05) is 16.8 Å². The van der Waals surface area contributed by atoms with Gasteiger partial charge in [0.2, 0.25) is 10.0 Å². The van der Waals surface area contributed by atoms with Gasteiger partial charge in [-0.3, -0.25) is 0 Å². The van der Waals surface area contributed by atoms with E-state index in [4.69, 9.17) is 10.8 Å². The lowest BCUT2D eigenvalue weighted by Crippen LogP contribution is -2.39. The average Bonchev–Trinajstić information content (AvgIpc) is 3.18. The number of nitrogens with two attached hydrogens (primary N) is 1. The van der Waals surface area contributed by atoms with E-state index in [2.05, 4.69) is 47.2 Å². The lowest BCUT2D eigenvalue weighted by molar-refractivity contribution is 0.212. The van der Waals surface area contributed by atoms with Crippen molar-refractivity contribution in [3.8, 4) is 0 Å². The number of anilines is 1. The summed E-state index contributed by atoms with van der Waals surface area (Å²) in [6, 6.07) is 14.7. The van der Waals surface area contributed by atoms with Gasteiger partial charge in [0.05, 0.1) is 23.4 Å². The lowest BCUT2D eigenvalue weighted by atomic mass is 9.91. The summed E-state index contributed by atoms with van der Waals surface area (Å²) in [7, 11) is -3.15. The smallest absolute Gasteiger partial charge is 0.211 e. The van der Waals surface area contributed by atoms with Crippen LogP contribution in [0.5, 0.6) is 0 Å². The molecule has 8 nitrogen and oxygen atoms in total. The van der Waals surface area contributed by atoms with Gasteiger partial charge in [0, 0.05) is 19.5 Å². The van der Waals surface area contributed by atoms with Gasteiger partial charge in [0.25, 0.3) is 0 Å². The fourth-order valence-electron chi connectivity index (χ4n) is 4.99. The first kappa shape index (κ1) is 21.8. The van der Waals surface area contributed by atoms with E-state index in [0.29, 0.717) is 31.2 Å². The van der Waals surface area contributed by atoms with Crippen LogP contribution < -0.4 is 5.73 Å².